The average Bonchev–Trinajstić information content (AvgIpc) is 3.63. The number of halogens is 1. The summed E-state index contributed by atoms with van der Waals surface area (Å²) < 4.78 is 2.98. The first kappa shape index (κ1) is 25.5. The molecule has 1 atom stereocenters. The minimum absolute atomic E-state index is 0.0672. The highest BCUT2D eigenvalue weighted by Gasteiger charge is 2.35. The normalized spacial score (nSPS) is 15.2. The van der Waals surface area contributed by atoms with Crippen LogP contribution in [0.2, 0.25) is 5.02 Å². The van der Waals surface area contributed by atoms with E-state index in [1.54, 1.807) is 46.8 Å². The summed E-state index contributed by atoms with van der Waals surface area (Å²) in [6.45, 7) is 6.03. The molecule has 1 saturated heterocycles. The summed E-state index contributed by atoms with van der Waals surface area (Å²) in [6, 6.07) is 14.5. The van der Waals surface area contributed by atoms with E-state index in [0.29, 0.717) is 33.3 Å². The summed E-state index contributed by atoms with van der Waals surface area (Å²) in [7, 11) is 0. The standard InChI is InChI=1S/C28H25ClN8O3/c1-15-4-7-21(10-16(15)2)36-25-22(13-30-36)27(40)33-28(32-25)37-23(11-17(3)34-37)31-26(39)18-12-24(38)35(14-18)20-8-5-19(29)6-9-20/h4-11,13,18H,12,14H2,1-3H3,(H,31,39)(H,32,33,40). The molecule has 0 spiro atoms. The zero-order chi connectivity index (χ0) is 28.1. The van der Waals surface area contributed by atoms with Gasteiger partial charge in [-0.2, -0.15) is 19.9 Å². The lowest BCUT2D eigenvalue weighted by Gasteiger charge is -2.17. The third-order valence-corrected chi connectivity index (χ3v) is 7.33. The first-order valence-corrected chi connectivity index (χ1v) is 13.1. The lowest BCUT2D eigenvalue weighted by molar-refractivity contribution is -0.122. The molecule has 4 heterocycles. The monoisotopic (exact) mass is 556 g/mol. The first-order valence-electron chi connectivity index (χ1n) is 12.7. The Morgan fingerprint density at radius 2 is 1.75 bits per heavy atom. The van der Waals surface area contributed by atoms with Crippen LogP contribution in [0.5, 0.6) is 0 Å². The van der Waals surface area contributed by atoms with Gasteiger partial charge >= 0.3 is 0 Å². The lowest BCUT2D eigenvalue weighted by Crippen LogP contribution is -2.28. The van der Waals surface area contributed by atoms with Crippen molar-refractivity contribution in [3.8, 4) is 11.6 Å². The zero-order valence-corrected chi connectivity index (χ0v) is 22.7. The van der Waals surface area contributed by atoms with Crippen LogP contribution in [-0.2, 0) is 9.59 Å². The molecule has 1 aliphatic heterocycles. The van der Waals surface area contributed by atoms with E-state index in [2.05, 4.69) is 25.5 Å². The van der Waals surface area contributed by atoms with Crippen molar-refractivity contribution in [1.82, 2.24) is 29.5 Å². The number of nitrogens with one attached hydrogen (secondary N) is 2. The van der Waals surface area contributed by atoms with Gasteiger partial charge in [0.1, 0.15) is 11.2 Å². The Morgan fingerprint density at radius 1 is 1.00 bits per heavy atom. The molecule has 2 aromatic carbocycles. The number of carbonyl (C=O) groups is 2. The Labute approximate surface area is 233 Å². The zero-order valence-electron chi connectivity index (χ0n) is 22.0. The fraction of sp³-hybridized carbons (Fsp3) is 0.214. The molecule has 40 heavy (non-hydrogen) atoms. The van der Waals surface area contributed by atoms with Gasteiger partial charge in [0, 0.05) is 29.7 Å². The van der Waals surface area contributed by atoms with Crippen molar-refractivity contribution in [1.29, 1.82) is 0 Å². The van der Waals surface area contributed by atoms with Gasteiger partial charge in [0.15, 0.2) is 5.65 Å². The number of H-pyrrole nitrogens is 1. The van der Waals surface area contributed by atoms with E-state index in [4.69, 9.17) is 11.6 Å². The maximum Gasteiger partial charge on any atom is 0.263 e. The molecule has 0 bridgehead atoms. The minimum Gasteiger partial charge on any atom is -0.312 e. The van der Waals surface area contributed by atoms with Crippen LogP contribution in [0.25, 0.3) is 22.7 Å². The number of hydrogen-bond donors (Lipinski definition) is 2. The largest absolute Gasteiger partial charge is 0.312 e. The number of aryl methyl sites for hydroxylation is 3. The van der Waals surface area contributed by atoms with E-state index in [1.165, 1.54) is 10.9 Å². The maximum atomic E-state index is 13.3. The van der Waals surface area contributed by atoms with Crippen LogP contribution in [0.4, 0.5) is 11.5 Å². The predicted octanol–water partition coefficient (Wildman–Crippen LogP) is 3.86. The highest BCUT2D eigenvalue weighted by molar-refractivity contribution is 6.30. The number of fused-ring (bicyclic) bond motifs is 1. The molecule has 0 aliphatic carbocycles. The summed E-state index contributed by atoms with van der Waals surface area (Å²) in [4.78, 5) is 47.9. The molecule has 6 rings (SSSR count). The summed E-state index contributed by atoms with van der Waals surface area (Å²) in [5, 5.41) is 12.6. The second-order valence-corrected chi connectivity index (χ2v) is 10.3. The highest BCUT2D eigenvalue weighted by Crippen LogP contribution is 2.28. The van der Waals surface area contributed by atoms with Gasteiger partial charge in [-0.15, -0.1) is 0 Å². The van der Waals surface area contributed by atoms with Gasteiger partial charge in [-0.3, -0.25) is 19.4 Å². The van der Waals surface area contributed by atoms with E-state index in [9.17, 15) is 14.4 Å². The molecule has 1 fully saturated rings. The molecule has 12 heteroatoms. The van der Waals surface area contributed by atoms with Crippen LogP contribution in [-0.4, -0.2) is 47.9 Å². The topological polar surface area (TPSA) is 131 Å². The molecule has 3 aromatic heterocycles. The average molecular weight is 557 g/mol. The number of aromatic amines is 1. The van der Waals surface area contributed by atoms with Crippen molar-refractivity contribution in [2.45, 2.75) is 27.2 Å². The summed E-state index contributed by atoms with van der Waals surface area (Å²) >= 11 is 5.97. The van der Waals surface area contributed by atoms with Crippen LogP contribution in [0.15, 0.2) is 59.5 Å². The highest BCUT2D eigenvalue weighted by atomic mass is 35.5. The van der Waals surface area contributed by atoms with Crippen LogP contribution < -0.4 is 15.8 Å². The van der Waals surface area contributed by atoms with E-state index in [1.807, 2.05) is 32.0 Å². The van der Waals surface area contributed by atoms with Crippen molar-refractivity contribution < 1.29 is 9.59 Å². The Kier molecular flexibility index (Phi) is 6.22. The number of aromatic nitrogens is 6. The van der Waals surface area contributed by atoms with Gasteiger partial charge in [-0.05, 0) is 68.3 Å². The van der Waals surface area contributed by atoms with Crippen LogP contribution in [0.1, 0.15) is 23.2 Å². The van der Waals surface area contributed by atoms with Crippen molar-refractivity contribution in [3.63, 3.8) is 0 Å². The van der Waals surface area contributed by atoms with Crippen LogP contribution in [0, 0.1) is 26.7 Å². The van der Waals surface area contributed by atoms with Gasteiger partial charge < -0.3 is 10.2 Å². The van der Waals surface area contributed by atoms with E-state index < -0.39 is 5.92 Å². The van der Waals surface area contributed by atoms with Crippen molar-refractivity contribution in [2.24, 2.45) is 5.92 Å². The van der Waals surface area contributed by atoms with Gasteiger partial charge in [0.05, 0.1) is 23.5 Å². The first-order chi connectivity index (χ1) is 19.2. The molecular weight excluding hydrogens is 532 g/mol. The SMILES string of the molecule is Cc1cc(NC(=O)C2CC(=O)N(c3ccc(Cl)cc3)C2)n(-c2nc3c(cnn3-c3ccc(C)c(C)c3)c(=O)[nH]2)n1. The van der Waals surface area contributed by atoms with Crippen molar-refractivity contribution in [3.05, 3.63) is 86.9 Å². The number of carbonyl (C=O) groups excluding carboxylic acids is 2. The molecule has 1 unspecified atom stereocenters. The number of nitrogens with zero attached hydrogens (tertiary/aromatic N) is 6. The van der Waals surface area contributed by atoms with E-state index in [-0.39, 0.29) is 36.3 Å². The Bertz CT molecular complexity index is 1850. The molecule has 0 saturated carbocycles. The molecule has 1 aliphatic rings. The lowest BCUT2D eigenvalue weighted by atomic mass is 10.1. The third-order valence-electron chi connectivity index (χ3n) is 7.08. The summed E-state index contributed by atoms with van der Waals surface area (Å²) in [6.07, 6.45) is 1.54. The fourth-order valence-corrected chi connectivity index (χ4v) is 4.91. The molecule has 5 aromatic rings. The van der Waals surface area contributed by atoms with Gasteiger partial charge in [-0.1, -0.05) is 17.7 Å². The van der Waals surface area contributed by atoms with Crippen molar-refractivity contribution in [2.75, 3.05) is 16.8 Å². The predicted molar refractivity (Wildman–Crippen MR) is 151 cm³/mol. The second-order valence-electron chi connectivity index (χ2n) is 9.91. The number of rotatable bonds is 5. The number of hydrogen-bond acceptors (Lipinski definition) is 6. The quantitative estimate of drug-likeness (QED) is 0.338. The van der Waals surface area contributed by atoms with Crippen molar-refractivity contribution >= 4 is 46.0 Å². The second kappa shape index (κ2) is 9.76. The molecular formula is C28H25ClN8O3. The minimum atomic E-state index is -0.576. The maximum absolute atomic E-state index is 13.3. The van der Waals surface area contributed by atoms with Gasteiger partial charge in [-0.25, -0.2) is 4.68 Å². The Hall–Kier alpha value is -4.77. The molecule has 11 nitrogen and oxygen atoms in total. The molecule has 2 N–H and O–H groups in total. The summed E-state index contributed by atoms with van der Waals surface area (Å²) in [5.41, 5.74) is 4.24. The number of anilines is 2. The van der Waals surface area contributed by atoms with E-state index >= 15 is 0 Å². The summed E-state index contributed by atoms with van der Waals surface area (Å²) in [5.74, 6) is -0.623. The van der Waals surface area contributed by atoms with Crippen LogP contribution >= 0.6 is 11.6 Å². The molecule has 0 radical (unpaired) electrons. The van der Waals surface area contributed by atoms with Gasteiger partial charge in [0.2, 0.25) is 17.8 Å². The molecule has 202 valence electrons. The van der Waals surface area contributed by atoms with Gasteiger partial charge in [0.25, 0.3) is 5.56 Å². The molecule has 2 amide bonds. The Balaban J connectivity index is 1.30. The van der Waals surface area contributed by atoms with Crippen LogP contribution in [0.3, 0.4) is 0 Å². The van der Waals surface area contributed by atoms with E-state index in [0.717, 1.165) is 16.8 Å². The third kappa shape index (κ3) is 4.54. The smallest absolute Gasteiger partial charge is 0.263 e. The number of benzene rings is 2. The number of amides is 2. The fourth-order valence-electron chi connectivity index (χ4n) is 4.79. The Morgan fingerprint density at radius 3 is 2.50 bits per heavy atom.